The number of carbonyl (C=O) groups is 1. The number of amides is 1. The fourth-order valence-corrected chi connectivity index (χ4v) is 2.97. The molecule has 110 valence electrons. The largest absolute Gasteiger partial charge is 0.399 e. The van der Waals surface area contributed by atoms with E-state index in [-0.39, 0.29) is 43.3 Å². The normalized spacial score (nSPS) is 17.2. The SMILES string of the molecule is CS(=O)(=O)N1CCN(C(=O)c2cc(N)cc(F)c2)CC1. The zero-order chi connectivity index (χ0) is 14.9. The second-order valence-electron chi connectivity index (χ2n) is 4.73. The maximum atomic E-state index is 13.2. The molecule has 1 heterocycles. The maximum absolute atomic E-state index is 13.2. The van der Waals surface area contributed by atoms with E-state index in [1.807, 2.05) is 0 Å². The van der Waals surface area contributed by atoms with Crippen LogP contribution in [-0.2, 0) is 10.0 Å². The molecular weight excluding hydrogens is 285 g/mol. The highest BCUT2D eigenvalue weighted by molar-refractivity contribution is 7.88. The lowest BCUT2D eigenvalue weighted by atomic mass is 10.1. The fourth-order valence-electron chi connectivity index (χ4n) is 2.14. The highest BCUT2D eigenvalue weighted by Crippen LogP contribution is 2.15. The summed E-state index contributed by atoms with van der Waals surface area (Å²) < 4.78 is 37.3. The van der Waals surface area contributed by atoms with Gasteiger partial charge in [0, 0.05) is 37.4 Å². The van der Waals surface area contributed by atoms with Gasteiger partial charge >= 0.3 is 0 Å². The molecule has 1 aromatic carbocycles. The van der Waals surface area contributed by atoms with Crippen LogP contribution in [-0.4, -0.2) is 56.0 Å². The van der Waals surface area contributed by atoms with Crippen molar-refractivity contribution in [3.63, 3.8) is 0 Å². The van der Waals surface area contributed by atoms with Gasteiger partial charge in [0.05, 0.1) is 6.26 Å². The van der Waals surface area contributed by atoms with Crippen molar-refractivity contribution < 1.29 is 17.6 Å². The topological polar surface area (TPSA) is 83.7 Å². The second-order valence-corrected chi connectivity index (χ2v) is 6.71. The van der Waals surface area contributed by atoms with Crippen LogP contribution in [0.3, 0.4) is 0 Å². The average Bonchev–Trinajstić information content (AvgIpc) is 2.36. The third kappa shape index (κ3) is 3.26. The Bertz CT molecular complexity index is 605. The Morgan fingerprint density at radius 2 is 1.80 bits per heavy atom. The molecule has 0 radical (unpaired) electrons. The molecule has 6 nitrogen and oxygen atoms in total. The van der Waals surface area contributed by atoms with E-state index in [9.17, 15) is 17.6 Å². The standard InChI is InChI=1S/C12H16FN3O3S/c1-20(18,19)16-4-2-15(3-5-16)12(17)9-6-10(13)8-11(14)7-9/h6-8H,2-5,14H2,1H3. The number of nitrogens with two attached hydrogens (primary N) is 1. The molecule has 0 atom stereocenters. The van der Waals surface area contributed by atoms with Gasteiger partial charge in [-0.15, -0.1) is 0 Å². The van der Waals surface area contributed by atoms with E-state index in [2.05, 4.69) is 0 Å². The number of hydrogen-bond donors (Lipinski definition) is 1. The summed E-state index contributed by atoms with van der Waals surface area (Å²) in [6.45, 7) is 1.05. The number of benzene rings is 1. The van der Waals surface area contributed by atoms with Crippen LogP contribution >= 0.6 is 0 Å². The summed E-state index contributed by atoms with van der Waals surface area (Å²) in [7, 11) is -3.24. The summed E-state index contributed by atoms with van der Waals surface area (Å²) >= 11 is 0. The van der Waals surface area contributed by atoms with Gasteiger partial charge in [-0.1, -0.05) is 0 Å². The number of carbonyl (C=O) groups excluding carboxylic acids is 1. The zero-order valence-electron chi connectivity index (χ0n) is 11.0. The van der Waals surface area contributed by atoms with E-state index < -0.39 is 15.8 Å². The van der Waals surface area contributed by atoms with E-state index in [0.29, 0.717) is 0 Å². The Kier molecular flexibility index (Phi) is 3.96. The van der Waals surface area contributed by atoms with Gasteiger partial charge in [-0.05, 0) is 18.2 Å². The minimum absolute atomic E-state index is 0.176. The molecule has 0 bridgehead atoms. The Labute approximate surface area is 117 Å². The van der Waals surface area contributed by atoms with Crippen molar-refractivity contribution >= 4 is 21.6 Å². The van der Waals surface area contributed by atoms with Gasteiger partial charge in [0.25, 0.3) is 5.91 Å². The summed E-state index contributed by atoms with van der Waals surface area (Å²) in [5.74, 6) is -0.910. The lowest BCUT2D eigenvalue weighted by Gasteiger charge is -2.33. The number of sulfonamides is 1. The molecule has 2 N–H and O–H groups in total. The molecule has 0 unspecified atom stereocenters. The smallest absolute Gasteiger partial charge is 0.254 e. The van der Waals surface area contributed by atoms with Gasteiger partial charge < -0.3 is 10.6 Å². The Hall–Kier alpha value is -1.67. The van der Waals surface area contributed by atoms with E-state index >= 15 is 0 Å². The zero-order valence-corrected chi connectivity index (χ0v) is 11.9. The first-order valence-corrected chi connectivity index (χ1v) is 7.92. The molecule has 20 heavy (non-hydrogen) atoms. The Morgan fingerprint density at radius 1 is 1.20 bits per heavy atom. The third-order valence-electron chi connectivity index (χ3n) is 3.16. The van der Waals surface area contributed by atoms with Gasteiger partial charge in [0.2, 0.25) is 10.0 Å². The van der Waals surface area contributed by atoms with Crippen LogP contribution in [0.1, 0.15) is 10.4 Å². The van der Waals surface area contributed by atoms with Crippen LogP contribution in [0.15, 0.2) is 18.2 Å². The summed E-state index contributed by atoms with van der Waals surface area (Å²) in [6, 6.07) is 3.67. The molecule has 8 heteroatoms. The average molecular weight is 301 g/mol. The molecule has 0 spiro atoms. The lowest BCUT2D eigenvalue weighted by molar-refractivity contribution is 0.0698. The summed E-state index contributed by atoms with van der Waals surface area (Å²) in [6.07, 6.45) is 1.14. The van der Waals surface area contributed by atoms with Crippen LogP contribution in [0.4, 0.5) is 10.1 Å². The molecule has 1 aromatic rings. The summed E-state index contributed by atoms with van der Waals surface area (Å²) in [4.78, 5) is 13.7. The molecule has 1 amide bonds. The van der Waals surface area contributed by atoms with Gasteiger partial charge in [0.1, 0.15) is 5.82 Å². The molecule has 0 aromatic heterocycles. The Morgan fingerprint density at radius 3 is 2.30 bits per heavy atom. The maximum Gasteiger partial charge on any atom is 0.254 e. The van der Waals surface area contributed by atoms with Crippen molar-refractivity contribution in [3.05, 3.63) is 29.6 Å². The molecule has 1 aliphatic rings. The van der Waals surface area contributed by atoms with Crippen molar-refractivity contribution in [3.8, 4) is 0 Å². The van der Waals surface area contributed by atoms with E-state index in [0.717, 1.165) is 18.4 Å². The van der Waals surface area contributed by atoms with E-state index in [1.165, 1.54) is 15.3 Å². The number of halogens is 1. The van der Waals surface area contributed by atoms with Gasteiger partial charge in [-0.25, -0.2) is 12.8 Å². The van der Waals surface area contributed by atoms with Crippen molar-refractivity contribution in [1.29, 1.82) is 0 Å². The van der Waals surface area contributed by atoms with Crippen molar-refractivity contribution in [2.75, 3.05) is 38.2 Å². The molecule has 1 saturated heterocycles. The fraction of sp³-hybridized carbons (Fsp3) is 0.417. The number of hydrogen-bond acceptors (Lipinski definition) is 4. The van der Waals surface area contributed by atoms with Crippen LogP contribution < -0.4 is 5.73 Å². The van der Waals surface area contributed by atoms with Crippen LogP contribution in [0.25, 0.3) is 0 Å². The van der Waals surface area contributed by atoms with Gasteiger partial charge in [-0.3, -0.25) is 4.79 Å². The number of rotatable bonds is 2. The minimum atomic E-state index is -3.24. The second kappa shape index (κ2) is 5.37. The third-order valence-corrected chi connectivity index (χ3v) is 4.47. The first-order chi connectivity index (χ1) is 9.27. The van der Waals surface area contributed by atoms with Gasteiger partial charge in [0.15, 0.2) is 0 Å². The van der Waals surface area contributed by atoms with Crippen LogP contribution in [0.5, 0.6) is 0 Å². The Balaban J connectivity index is 2.09. The highest BCUT2D eigenvalue weighted by atomic mass is 32.2. The van der Waals surface area contributed by atoms with Crippen molar-refractivity contribution in [2.24, 2.45) is 0 Å². The van der Waals surface area contributed by atoms with Crippen LogP contribution in [0.2, 0.25) is 0 Å². The molecule has 0 aliphatic carbocycles. The first-order valence-electron chi connectivity index (χ1n) is 6.08. The highest BCUT2D eigenvalue weighted by Gasteiger charge is 2.26. The summed E-state index contributed by atoms with van der Waals surface area (Å²) in [5.41, 5.74) is 5.87. The van der Waals surface area contributed by atoms with E-state index in [1.54, 1.807) is 0 Å². The molecule has 0 saturated carbocycles. The quantitative estimate of drug-likeness (QED) is 0.787. The molecular formula is C12H16FN3O3S. The number of nitrogen functional groups attached to an aromatic ring is 1. The van der Waals surface area contributed by atoms with Crippen molar-refractivity contribution in [1.82, 2.24) is 9.21 Å². The number of piperazine rings is 1. The molecule has 2 rings (SSSR count). The molecule has 1 aliphatic heterocycles. The lowest BCUT2D eigenvalue weighted by Crippen LogP contribution is -2.50. The minimum Gasteiger partial charge on any atom is -0.399 e. The number of nitrogens with zero attached hydrogens (tertiary/aromatic N) is 2. The first kappa shape index (κ1) is 14.7. The monoisotopic (exact) mass is 301 g/mol. The predicted molar refractivity (Wildman–Crippen MR) is 73.1 cm³/mol. The van der Waals surface area contributed by atoms with Crippen LogP contribution in [0, 0.1) is 5.82 Å². The summed E-state index contributed by atoms with van der Waals surface area (Å²) in [5, 5.41) is 0. The van der Waals surface area contributed by atoms with Gasteiger partial charge in [-0.2, -0.15) is 4.31 Å². The van der Waals surface area contributed by atoms with E-state index in [4.69, 9.17) is 5.73 Å². The number of anilines is 1. The van der Waals surface area contributed by atoms with Crippen molar-refractivity contribution in [2.45, 2.75) is 0 Å². The molecule has 1 fully saturated rings. The predicted octanol–water partition coefficient (Wildman–Crippen LogP) is 0.125.